The Balaban J connectivity index is 1.75. The molecule has 1 aromatic heterocycles. The molecule has 2 fully saturated rings. The summed E-state index contributed by atoms with van der Waals surface area (Å²) in [7, 11) is 2.02. The lowest BCUT2D eigenvalue weighted by Crippen LogP contribution is -2.43. The van der Waals surface area contributed by atoms with Gasteiger partial charge in [-0.05, 0) is 37.9 Å². The Morgan fingerprint density at radius 1 is 1.40 bits per heavy atom. The second-order valence-electron chi connectivity index (χ2n) is 6.01. The third-order valence-electron chi connectivity index (χ3n) is 4.72. The fraction of sp³-hybridized carbons (Fsp3) is 0.750. The average molecular weight is 279 g/mol. The van der Waals surface area contributed by atoms with Crippen molar-refractivity contribution >= 4 is 0 Å². The van der Waals surface area contributed by atoms with Gasteiger partial charge in [0.25, 0.3) is 0 Å². The van der Waals surface area contributed by atoms with Crippen molar-refractivity contribution in [3.63, 3.8) is 0 Å². The zero-order chi connectivity index (χ0) is 14.0. The van der Waals surface area contributed by atoms with Crippen LogP contribution < -0.4 is 5.32 Å². The van der Waals surface area contributed by atoms with E-state index in [0.29, 0.717) is 5.92 Å². The predicted octanol–water partition coefficient (Wildman–Crippen LogP) is 2.69. The maximum absolute atomic E-state index is 6.03. The van der Waals surface area contributed by atoms with Crippen LogP contribution in [0.2, 0.25) is 0 Å². The van der Waals surface area contributed by atoms with Gasteiger partial charge in [-0.2, -0.15) is 0 Å². The molecule has 0 saturated carbocycles. The van der Waals surface area contributed by atoms with Crippen LogP contribution in [0.25, 0.3) is 0 Å². The average Bonchev–Trinajstić information content (AvgIpc) is 3.10. The molecular weight excluding hydrogens is 254 g/mol. The Kier molecular flexibility index (Phi) is 4.15. The van der Waals surface area contributed by atoms with Crippen LogP contribution in [0.3, 0.4) is 0 Å². The van der Waals surface area contributed by atoms with Crippen LogP contribution in [-0.4, -0.2) is 32.5 Å². The molecule has 4 nitrogen and oxygen atoms in total. The van der Waals surface area contributed by atoms with E-state index in [0.717, 1.165) is 57.0 Å². The lowest BCUT2D eigenvalue weighted by Gasteiger charge is -2.39. The van der Waals surface area contributed by atoms with E-state index in [9.17, 15) is 0 Å². The van der Waals surface area contributed by atoms with Gasteiger partial charge in [-0.1, -0.05) is 6.92 Å². The molecule has 20 heavy (non-hydrogen) atoms. The summed E-state index contributed by atoms with van der Waals surface area (Å²) < 4.78 is 17.5. The van der Waals surface area contributed by atoms with E-state index in [1.807, 2.05) is 7.05 Å². The van der Waals surface area contributed by atoms with E-state index in [2.05, 4.69) is 24.4 Å². The van der Waals surface area contributed by atoms with Crippen LogP contribution in [0.4, 0.5) is 0 Å². The van der Waals surface area contributed by atoms with Gasteiger partial charge in [0.05, 0.1) is 18.2 Å². The van der Waals surface area contributed by atoms with Gasteiger partial charge < -0.3 is 19.2 Å². The van der Waals surface area contributed by atoms with Crippen LogP contribution in [0, 0.1) is 5.92 Å². The first-order valence-electron chi connectivity index (χ1n) is 7.74. The fourth-order valence-electron chi connectivity index (χ4n) is 3.58. The third kappa shape index (κ3) is 2.65. The van der Waals surface area contributed by atoms with Crippen molar-refractivity contribution in [3.8, 4) is 0 Å². The van der Waals surface area contributed by atoms with Gasteiger partial charge in [0.15, 0.2) is 0 Å². The third-order valence-corrected chi connectivity index (χ3v) is 4.72. The van der Waals surface area contributed by atoms with Crippen molar-refractivity contribution in [1.29, 1.82) is 0 Å². The van der Waals surface area contributed by atoms with E-state index < -0.39 is 0 Å². The van der Waals surface area contributed by atoms with Crippen molar-refractivity contribution in [2.24, 2.45) is 5.92 Å². The van der Waals surface area contributed by atoms with E-state index in [-0.39, 0.29) is 11.6 Å². The highest BCUT2D eigenvalue weighted by molar-refractivity contribution is 5.12. The summed E-state index contributed by atoms with van der Waals surface area (Å²) in [6, 6.07) is 4.48. The highest BCUT2D eigenvalue weighted by Gasteiger charge is 2.43. The molecule has 3 heterocycles. The highest BCUT2D eigenvalue weighted by atomic mass is 16.6. The molecule has 0 bridgehead atoms. The molecule has 0 aromatic carbocycles. The normalized spacial score (nSPS) is 31.8. The minimum absolute atomic E-state index is 0.0435. The van der Waals surface area contributed by atoms with Crippen molar-refractivity contribution < 1.29 is 13.9 Å². The van der Waals surface area contributed by atoms with Crippen LogP contribution >= 0.6 is 0 Å². The monoisotopic (exact) mass is 279 g/mol. The van der Waals surface area contributed by atoms with Crippen molar-refractivity contribution in [2.75, 3.05) is 26.9 Å². The number of aryl methyl sites for hydroxylation is 1. The SMILES string of the molecule is CCc1ccc(C(NC)C2CCOC3(CCOC3)C2)o1. The van der Waals surface area contributed by atoms with Crippen LogP contribution in [-0.2, 0) is 15.9 Å². The molecule has 3 unspecified atom stereocenters. The van der Waals surface area contributed by atoms with Gasteiger partial charge in [0.1, 0.15) is 11.5 Å². The van der Waals surface area contributed by atoms with Gasteiger partial charge >= 0.3 is 0 Å². The molecular formula is C16H25NO3. The zero-order valence-corrected chi connectivity index (χ0v) is 12.5. The lowest BCUT2D eigenvalue weighted by molar-refractivity contribution is -0.104. The van der Waals surface area contributed by atoms with Crippen LogP contribution in [0.1, 0.15) is 43.7 Å². The summed E-state index contributed by atoms with van der Waals surface area (Å²) in [5.74, 6) is 2.67. The summed E-state index contributed by atoms with van der Waals surface area (Å²) in [6.45, 7) is 4.53. The molecule has 112 valence electrons. The van der Waals surface area contributed by atoms with Gasteiger partial charge in [-0.25, -0.2) is 0 Å². The minimum Gasteiger partial charge on any atom is -0.464 e. The Labute approximate surface area is 120 Å². The molecule has 1 spiro atoms. The number of nitrogens with one attached hydrogen (secondary N) is 1. The first-order chi connectivity index (χ1) is 9.76. The van der Waals surface area contributed by atoms with Gasteiger partial charge in [0.2, 0.25) is 0 Å². The maximum atomic E-state index is 6.03. The van der Waals surface area contributed by atoms with Crippen molar-refractivity contribution in [3.05, 3.63) is 23.7 Å². The Bertz CT molecular complexity index is 437. The molecule has 0 amide bonds. The number of rotatable bonds is 4. The van der Waals surface area contributed by atoms with Gasteiger partial charge in [0, 0.05) is 26.1 Å². The molecule has 2 aliphatic heterocycles. The topological polar surface area (TPSA) is 43.6 Å². The highest BCUT2D eigenvalue weighted by Crippen LogP contribution is 2.41. The Hall–Kier alpha value is -0.840. The lowest BCUT2D eigenvalue weighted by atomic mass is 9.80. The summed E-state index contributed by atoms with van der Waals surface area (Å²) in [5, 5.41) is 3.44. The van der Waals surface area contributed by atoms with E-state index in [1.54, 1.807) is 0 Å². The molecule has 1 N–H and O–H groups in total. The second kappa shape index (κ2) is 5.88. The van der Waals surface area contributed by atoms with Crippen LogP contribution in [0.5, 0.6) is 0 Å². The largest absolute Gasteiger partial charge is 0.464 e. The molecule has 3 rings (SSSR count). The van der Waals surface area contributed by atoms with E-state index >= 15 is 0 Å². The number of ether oxygens (including phenoxy) is 2. The molecule has 2 saturated heterocycles. The quantitative estimate of drug-likeness (QED) is 0.920. The van der Waals surface area contributed by atoms with Crippen molar-refractivity contribution in [1.82, 2.24) is 5.32 Å². The first-order valence-corrected chi connectivity index (χ1v) is 7.74. The fourth-order valence-corrected chi connectivity index (χ4v) is 3.58. The molecule has 0 aliphatic carbocycles. The smallest absolute Gasteiger partial charge is 0.121 e. The second-order valence-corrected chi connectivity index (χ2v) is 6.01. The van der Waals surface area contributed by atoms with E-state index in [1.165, 1.54) is 0 Å². The molecule has 4 heteroatoms. The summed E-state index contributed by atoms with van der Waals surface area (Å²) in [4.78, 5) is 0. The summed E-state index contributed by atoms with van der Waals surface area (Å²) >= 11 is 0. The number of hydrogen-bond donors (Lipinski definition) is 1. The Morgan fingerprint density at radius 2 is 2.30 bits per heavy atom. The summed E-state index contributed by atoms with van der Waals surface area (Å²) in [5.41, 5.74) is -0.0435. The first kappa shape index (κ1) is 14.1. The zero-order valence-electron chi connectivity index (χ0n) is 12.5. The Morgan fingerprint density at radius 3 is 2.95 bits per heavy atom. The maximum Gasteiger partial charge on any atom is 0.121 e. The molecule has 1 aromatic rings. The molecule has 0 radical (unpaired) electrons. The van der Waals surface area contributed by atoms with Gasteiger partial charge in [-0.15, -0.1) is 0 Å². The van der Waals surface area contributed by atoms with Crippen molar-refractivity contribution in [2.45, 2.75) is 44.2 Å². The standard InChI is InChI=1S/C16H25NO3/c1-3-13-4-5-14(20-13)15(17-2)12-6-8-19-16(10-12)7-9-18-11-16/h4-5,12,15,17H,3,6-11H2,1-2H3. The molecule has 2 aliphatic rings. The van der Waals surface area contributed by atoms with Gasteiger partial charge in [-0.3, -0.25) is 0 Å². The minimum atomic E-state index is -0.0435. The number of furan rings is 1. The van der Waals surface area contributed by atoms with Crippen LogP contribution in [0.15, 0.2) is 16.5 Å². The number of hydrogen-bond acceptors (Lipinski definition) is 4. The summed E-state index contributed by atoms with van der Waals surface area (Å²) in [6.07, 6.45) is 4.11. The predicted molar refractivity (Wildman–Crippen MR) is 76.7 cm³/mol. The van der Waals surface area contributed by atoms with E-state index in [4.69, 9.17) is 13.9 Å². The molecule has 3 atom stereocenters.